The molecule has 0 aliphatic rings. The minimum atomic E-state index is -1.13. The van der Waals surface area contributed by atoms with E-state index >= 15 is 0 Å². The summed E-state index contributed by atoms with van der Waals surface area (Å²) in [4.78, 5) is 0. The van der Waals surface area contributed by atoms with E-state index in [9.17, 15) is 0 Å². The van der Waals surface area contributed by atoms with E-state index in [-0.39, 0.29) is 0 Å². The Hall–Kier alpha value is -1.38. The van der Waals surface area contributed by atoms with Gasteiger partial charge in [-0.1, -0.05) is 139 Å². The summed E-state index contributed by atoms with van der Waals surface area (Å²) < 4.78 is 6.44. The summed E-state index contributed by atoms with van der Waals surface area (Å²) >= 11 is 0. The molecule has 0 saturated carbocycles. The van der Waals surface area contributed by atoms with Crippen LogP contribution in [0.4, 0.5) is 0 Å². The second-order valence-electron chi connectivity index (χ2n) is 8.42. The summed E-state index contributed by atoms with van der Waals surface area (Å²) in [7, 11) is -1.13. The predicted molar refractivity (Wildman–Crippen MR) is 129 cm³/mol. The Morgan fingerprint density at radius 1 is 0.655 bits per heavy atom. The van der Waals surface area contributed by atoms with Gasteiger partial charge in [0.2, 0.25) is 0 Å². The van der Waals surface area contributed by atoms with Crippen molar-refractivity contribution in [3.05, 3.63) is 60.7 Å². The van der Waals surface area contributed by atoms with Crippen molar-refractivity contribution in [2.24, 2.45) is 5.92 Å². The minimum Gasteiger partial charge on any atom is -0.407 e. The molecule has 1 atom stereocenters. The number of rotatable bonds is 16. The van der Waals surface area contributed by atoms with E-state index in [0.717, 1.165) is 12.5 Å². The molecule has 29 heavy (non-hydrogen) atoms. The highest BCUT2D eigenvalue weighted by atomic mass is 28.3. The van der Waals surface area contributed by atoms with Gasteiger partial charge in [0.15, 0.2) is 0 Å². The molecule has 2 aromatic rings. The molecule has 0 N–H and O–H groups in total. The molecule has 2 heteroatoms. The van der Waals surface area contributed by atoms with Crippen LogP contribution < -0.4 is 10.4 Å². The van der Waals surface area contributed by atoms with Crippen molar-refractivity contribution >= 4 is 19.4 Å². The summed E-state index contributed by atoms with van der Waals surface area (Å²) in [5.74, 6) is 0.860. The third kappa shape index (κ3) is 10.3. The molecule has 1 unspecified atom stereocenters. The molecule has 0 amide bonds. The fraction of sp³-hybridized carbons (Fsp3) is 0.556. The van der Waals surface area contributed by atoms with Crippen molar-refractivity contribution in [1.29, 1.82) is 0 Å². The van der Waals surface area contributed by atoms with Crippen LogP contribution in [-0.4, -0.2) is 15.6 Å². The summed E-state index contributed by atoms with van der Waals surface area (Å²) in [5.41, 5.74) is 0. The third-order valence-electron chi connectivity index (χ3n) is 5.71. The first-order valence-corrected chi connectivity index (χ1v) is 13.3. The van der Waals surface area contributed by atoms with Crippen LogP contribution in [0.3, 0.4) is 0 Å². The molecule has 2 aromatic carbocycles. The van der Waals surface area contributed by atoms with Gasteiger partial charge in [-0.3, -0.25) is 0 Å². The topological polar surface area (TPSA) is 9.23 Å². The van der Waals surface area contributed by atoms with E-state index in [2.05, 4.69) is 74.5 Å². The summed E-state index contributed by atoms with van der Waals surface area (Å²) in [6.45, 7) is 5.60. The van der Waals surface area contributed by atoms with Crippen LogP contribution in [0.5, 0.6) is 0 Å². The number of benzene rings is 2. The van der Waals surface area contributed by atoms with E-state index in [1.165, 1.54) is 81.0 Å². The molecule has 1 nitrogen and oxygen atoms in total. The van der Waals surface area contributed by atoms with E-state index in [1.807, 2.05) is 0 Å². The molecule has 1 radical (unpaired) electrons. The van der Waals surface area contributed by atoms with E-state index in [0.29, 0.717) is 0 Å². The van der Waals surface area contributed by atoms with Crippen LogP contribution in [0.1, 0.15) is 84.5 Å². The number of unbranched alkanes of at least 4 members (excludes halogenated alkanes) is 7. The van der Waals surface area contributed by atoms with Crippen molar-refractivity contribution in [2.45, 2.75) is 84.5 Å². The summed E-state index contributed by atoms with van der Waals surface area (Å²) in [5, 5.41) is 2.69. The molecule has 159 valence electrons. The molecule has 0 aromatic heterocycles. The van der Waals surface area contributed by atoms with Gasteiger partial charge in [0.25, 0.3) is 9.04 Å². The van der Waals surface area contributed by atoms with Gasteiger partial charge in [0, 0.05) is 6.61 Å². The second kappa shape index (κ2) is 15.5. The second-order valence-corrected chi connectivity index (χ2v) is 10.5. The SMILES string of the molecule is CCCCCCCCCC(C)CCCCO[Si](c1ccccc1)c1ccccc1. The standard InChI is InChI=1S/C27H41OSi/c1-3-4-5-6-7-8-11-18-25(2)19-16-17-24-28-29(26-20-12-9-13-21-26)27-22-14-10-15-23-27/h9-10,12-15,20-23,25H,3-8,11,16-19,24H2,1-2H3. The smallest absolute Gasteiger partial charge is 0.282 e. The Labute approximate surface area is 181 Å². The highest BCUT2D eigenvalue weighted by Crippen LogP contribution is 2.17. The Kier molecular flexibility index (Phi) is 12.7. The molecule has 0 spiro atoms. The summed E-state index contributed by atoms with van der Waals surface area (Å²) in [6, 6.07) is 21.5. The Morgan fingerprint density at radius 3 is 1.69 bits per heavy atom. The van der Waals surface area contributed by atoms with Gasteiger partial charge in [-0.2, -0.15) is 0 Å². The predicted octanol–water partition coefficient (Wildman–Crippen LogP) is 6.76. The van der Waals surface area contributed by atoms with Crippen molar-refractivity contribution < 1.29 is 4.43 Å². The molecular formula is C27H41OSi. The molecule has 0 aliphatic carbocycles. The van der Waals surface area contributed by atoms with Crippen molar-refractivity contribution in [2.75, 3.05) is 6.61 Å². The van der Waals surface area contributed by atoms with Crippen LogP contribution >= 0.6 is 0 Å². The lowest BCUT2D eigenvalue weighted by Gasteiger charge is -2.17. The zero-order chi connectivity index (χ0) is 20.6. The van der Waals surface area contributed by atoms with E-state index in [4.69, 9.17) is 4.43 Å². The maximum Gasteiger partial charge on any atom is 0.282 e. The van der Waals surface area contributed by atoms with Crippen molar-refractivity contribution in [1.82, 2.24) is 0 Å². The third-order valence-corrected chi connectivity index (χ3v) is 7.92. The van der Waals surface area contributed by atoms with Gasteiger partial charge in [0.05, 0.1) is 0 Å². The normalized spacial score (nSPS) is 12.4. The van der Waals surface area contributed by atoms with Crippen LogP contribution in [0.2, 0.25) is 0 Å². The first kappa shape index (κ1) is 23.9. The maximum absolute atomic E-state index is 6.44. The fourth-order valence-electron chi connectivity index (χ4n) is 3.88. The minimum absolute atomic E-state index is 0.860. The fourth-order valence-corrected chi connectivity index (χ4v) is 5.88. The number of hydrogen-bond donors (Lipinski definition) is 0. The highest BCUT2D eigenvalue weighted by molar-refractivity contribution is 6.80. The lowest BCUT2D eigenvalue weighted by molar-refractivity contribution is 0.310. The monoisotopic (exact) mass is 409 g/mol. The molecule has 0 heterocycles. The van der Waals surface area contributed by atoms with Crippen molar-refractivity contribution in [3.8, 4) is 0 Å². The van der Waals surface area contributed by atoms with Crippen LogP contribution in [-0.2, 0) is 4.43 Å². The quantitative estimate of drug-likeness (QED) is 0.220. The van der Waals surface area contributed by atoms with Gasteiger partial charge in [-0.25, -0.2) is 0 Å². The van der Waals surface area contributed by atoms with Gasteiger partial charge >= 0.3 is 0 Å². The lowest BCUT2D eigenvalue weighted by Crippen LogP contribution is -2.45. The van der Waals surface area contributed by atoms with Crippen LogP contribution in [0.15, 0.2) is 60.7 Å². The average molecular weight is 410 g/mol. The largest absolute Gasteiger partial charge is 0.407 e. The van der Waals surface area contributed by atoms with Gasteiger partial charge in [-0.15, -0.1) is 0 Å². The molecule has 0 fully saturated rings. The van der Waals surface area contributed by atoms with Gasteiger partial charge in [-0.05, 0) is 22.7 Å². The van der Waals surface area contributed by atoms with Gasteiger partial charge < -0.3 is 4.43 Å². The molecule has 0 aliphatic heterocycles. The highest BCUT2D eigenvalue weighted by Gasteiger charge is 2.18. The lowest BCUT2D eigenvalue weighted by atomic mass is 9.97. The Morgan fingerprint density at radius 2 is 1.14 bits per heavy atom. The average Bonchev–Trinajstić information content (AvgIpc) is 2.77. The van der Waals surface area contributed by atoms with Crippen LogP contribution in [0, 0.1) is 5.92 Å². The molecular weight excluding hydrogens is 368 g/mol. The first-order valence-electron chi connectivity index (χ1n) is 11.9. The molecule has 2 rings (SSSR count). The first-order chi connectivity index (χ1) is 14.3. The zero-order valence-corrected chi connectivity index (χ0v) is 19.7. The Balaban J connectivity index is 1.61. The Bertz CT molecular complexity index is 573. The zero-order valence-electron chi connectivity index (χ0n) is 18.7. The van der Waals surface area contributed by atoms with Crippen LogP contribution in [0.25, 0.3) is 0 Å². The van der Waals surface area contributed by atoms with Crippen molar-refractivity contribution in [3.63, 3.8) is 0 Å². The van der Waals surface area contributed by atoms with E-state index < -0.39 is 9.04 Å². The molecule has 0 saturated heterocycles. The molecule has 0 bridgehead atoms. The number of hydrogen-bond acceptors (Lipinski definition) is 1. The van der Waals surface area contributed by atoms with Gasteiger partial charge in [0.1, 0.15) is 0 Å². The van der Waals surface area contributed by atoms with E-state index in [1.54, 1.807) is 0 Å². The maximum atomic E-state index is 6.44. The summed E-state index contributed by atoms with van der Waals surface area (Å²) in [6.07, 6.45) is 15.1.